The smallest absolute Gasteiger partial charge is 0.378 e. The molecule has 0 aliphatic rings. The number of nitrogens with zero attached hydrogens (tertiary/aromatic N) is 1. The number of aromatic amines is 1. The zero-order chi connectivity index (χ0) is 14.0. The highest BCUT2D eigenvalue weighted by Gasteiger charge is 2.30. The average Bonchev–Trinajstić information content (AvgIpc) is 2.72. The summed E-state index contributed by atoms with van der Waals surface area (Å²) in [6, 6.07) is 3.21. The molecular weight excluding hydrogens is 279 g/mol. The van der Waals surface area contributed by atoms with Crippen molar-refractivity contribution in [2.24, 2.45) is 0 Å². The largest absolute Gasteiger partial charge is 0.416 e. The number of alkyl halides is 3. The highest BCUT2D eigenvalue weighted by atomic mass is 35.5. The van der Waals surface area contributed by atoms with Crippen LogP contribution in [0.3, 0.4) is 0 Å². The molecule has 0 aliphatic carbocycles. The van der Waals surface area contributed by atoms with Crippen molar-refractivity contribution in [3.8, 4) is 0 Å². The number of rotatable bonds is 3. The molecule has 1 aromatic carbocycles. The Balaban J connectivity index is 2.12. The molecule has 0 saturated heterocycles. The molecule has 3 nitrogen and oxygen atoms in total. The Kier molecular flexibility index (Phi) is 3.71. The second-order valence-corrected chi connectivity index (χ2v) is 4.43. The molecule has 0 spiro atoms. The van der Waals surface area contributed by atoms with Gasteiger partial charge in [-0.15, -0.1) is 0 Å². The van der Waals surface area contributed by atoms with Gasteiger partial charge in [-0.3, -0.25) is 0 Å². The molecule has 1 aromatic heterocycles. The molecule has 2 rings (SSSR count). The summed E-state index contributed by atoms with van der Waals surface area (Å²) in [4.78, 5) is 6.99. The van der Waals surface area contributed by atoms with E-state index in [-0.39, 0.29) is 5.02 Å². The zero-order valence-corrected chi connectivity index (χ0v) is 10.7. The van der Waals surface area contributed by atoms with E-state index in [0.29, 0.717) is 12.2 Å². The first kappa shape index (κ1) is 13.7. The Labute approximate surface area is 112 Å². The molecular formula is C12H11ClF3N3. The number of hydrogen-bond acceptors (Lipinski definition) is 2. The van der Waals surface area contributed by atoms with Crippen LogP contribution in [0.1, 0.15) is 17.0 Å². The van der Waals surface area contributed by atoms with Crippen LogP contribution in [0.5, 0.6) is 0 Å². The van der Waals surface area contributed by atoms with Gasteiger partial charge in [-0.2, -0.15) is 13.2 Å². The standard InChI is InChI=1S/C12H11ClF3N3/c1-7-11(19-6-18-7)5-17-10-3-2-8(4-9(10)13)12(14,15)16/h2-4,6,17H,5H2,1H3,(H,18,19). The van der Waals surface area contributed by atoms with E-state index in [1.165, 1.54) is 6.07 Å². The summed E-state index contributed by atoms with van der Waals surface area (Å²) in [5.41, 5.74) is 1.36. The number of H-pyrrole nitrogens is 1. The van der Waals surface area contributed by atoms with Gasteiger partial charge in [0.2, 0.25) is 0 Å². The van der Waals surface area contributed by atoms with Crippen molar-refractivity contribution in [1.82, 2.24) is 9.97 Å². The van der Waals surface area contributed by atoms with E-state index in [9.17, 15) is 13.2 Å². The Hall–Kier alpha value is -1.69. The summed E-state index contributed by atoms with van der Waals surface area (Å²) in [5, 5.41) is 2.98. The van der Waals surface area contributed by atoms with Gasteiger partial charge in [-0.05, 0) is 25.1 Å². The molecule has 0 saturated carbocycles. The van der Waals surface area contributed by atoms with Gasteiger partial charge in [0.05, 0.1) is 34.8 Å². The summed E-state index contributed by atoms with van der Waals surface area (Å²) in [6.07, 6.45) is -2.83. The molecule has 19 heavy (non-hydrogen) atoms. The lowest BCUT2D eigenvalue weighted by molar-refractivity contribution is -0.137. The van der Waals surface area contributed by atoms with Crippen LogP contribution in [0.4, 0.5) is 18.9 Å². The van der Waals surface area contributed by atoms with Crippen molar-refractivity contribution >= 4 is 17.3 Å². The summed E-state index contributed by atoms with van der Waals surface area (Å²) in [7, 11) is 0. The van der Waals surface area contributed by atoms with Crippen LogP contribution in [-0.2, 0) is 12.7 Å². The molecule has 2 aromatic rings. The Morgan fingerprint density at radius 2 is 2.11 bits per heavy atom. The summed E-state index contributed by atoms with van der Waals surface area (Å²) in [5.74, 6) is 0. The fourth-order valence-electron chi connectivity index (χ4n) is 1.58. The van der Waals surface area contributed by atoms with Gasteiger partial charge in [0, 0.05) is 5.69 Å². The van der Waals surface area contributed by atoms with Crippen LogP contribution < -0.4 is 5.32 Å². The minimum absolute atomic E-state index is 0.0306. The van der Waals surface area contributed by atoms with Gasteiger partial charge in [0.15, 0.2) is 0 Å². The Morgan fingerprint density at radius 1 is 1.37 bits per heavy atom. The van der Waals surface area contributed by atoms with Crippen LogP contribution in [0.2, 0.25) is 5.02 Å². The van der Waals surface area contributed by atoms with E-state index < -0.39 is 11.7 Å². The molecule has 0 fully saturated rings. The van der Waals surface area contributed by atoms with Crippen molar-refractivity contribution in [1.29, 1.82) is 0 Å². The van der Waals surface area contributed by atoms with Crippen LogP contribution in [-0.4, -0.2) is 9.97 Å². The maximum absolute atomic E-state index is 12.5. The van der Waals surface area contributed by atoms with Gasteiger partial charge in [-0.25, -0.2) is 4.98 Å². The molecule has 7 heteroatoms. The monoisotopic (exact) mass is 289 g/mol. The molecule has 2 N–H and O–H groups in total. The van der Waals surface area contributed by atoms with E-state index in [1.54, 1.807) is 6.33 Å². The lowest BCUT2D eigenvalue weighted by Gasteiger charge is -2.11. The van der Waals surface area contributed by atoms with E-state index in [0.717, 1.165) is 23.5 Å². The lowest BCUT2D eigenvalue weighted by Crippen LogP contribution is -2.06. The highest BCUT2D eigenvalue weighted by Crippen LogP contribution is 2.33. The van der Waals surface area contributed by atoms with E-state index in [1.807, 2.05) is 6.92 Å². The summed E-state index contributed by atoms with van der Waals surface area (Å²) >= 11 is 5.82. The first-order valence-electron chi connectivity index (χ1n) is 5.47. The average molecular weight is 290 g/mol. The Morgan fingerprint density at radius 3 is 2.63 bits per heavy atom. The first-order valence-corrected chi connectivity index (χ1v) is 5.85. The zero-order valence-electron chi connectivity index (χ0n) is 9.98. The molecule has 102 valence electrons. The van der Waals surface area contributed by atoms with Gasteiger partial charge < -0.3 is 10.3 Å². The predicted molar refractivity (Wildman–Crippen MR) is 67.1 cm³/mol. The van der Waals surface area contributed by atoms with Crippen LogP contribution >= 0.6 is 11.6 Å². The van der Waals surface area contributed by atoms with Gasteiger partial charge in [0.25, 0.3) is 0 Å². The number of hydrogen-bond donors (Lipinski definition) is 2. The number of halogens is 4. The van der Waals surface area contributed by atoms with Crippen LogP contribution in [0.25, 0.3) is 0 Å². The van der Waals surface area contributed by atoms with E-state index in [2.05, 4.69) is 15.3 Å². The summed E-state index contributed by atoms with van der Waals surface area (Å²) in [6.45, 7) is 2.25. The molecule has 0 bridgehead atoms. The minimum atomic E-state index is -4.39. The molecule has 0 radical (unpaired) electrons. The number of aromatic nitrogens is 2. The molecule has 0 aliphatic heterocycles. The fourth-order valence-corrected chi connectivity index (χ4v) is 1.83. The Bertz CT molecular complexity index is 578. The third-order valence-electron chi connectivity index (χ3n) is 2.68. The SMILES string of the molecule is Cc1[nH]cnc1CNc1ccc(C(F)(F)F)cc1Cl. The van der Waals surface area contributed by atoms with Gasteiger partial charge in [0.1, 0.15) is 0 Å². The molecule has 0 amide bonds. The number of imidazole rings is 1. The van der Waals surface area contributed by atoms with Gasteiger partial charge >= 0.3 is 6.18 Å². The lowest BCUT2D eigenvalue weighted by atomic mass is 10.2. The number of nitrogens with one attached hydrogen (secondary N) is 2. The van der Waals surface area contributed by atoms with Gasteiger partial charge in [-0.1, -0.05) is 11.6 Å². The molecule has 0 atom stereocenters. The minimum Gasteiger partial charge on any atom is -0.378 e. The van der Waals surface area contributed by atoms with Crippen molar-refractivity contribution in [2.75, 3.05) is 5.32 Å². The molecule has 1 heterocycles. The normalized spacial score (nSPS) is 11.6. The quantitative estimate of drug-likeness (QED) is 0.896. The van der Waals surface area contributed by atoms with E-state index in [4.69, 9.17) is 11.6 Å². The topological polar surface area (TPSA) is 40.7 Å². The predicted octanol–water partition coefficient (Wildman–Crippen LogP) is 4.00. The second-order valence-electron chi connectivity index (χ2n) is 4.02. The van der Waals surface area contributed by atoms with Crippen molar-refractivity contribution in [2.45, 2.75) is 19.6 Å². The first-order chi connectivity index (χ1) is 8.88. The van der Waals surface area contributed by atoms with Crippen molar-refractivity contribution in [3.05, 3.63) is 46.5 Å². The molecule has 0 unspecified atom stereocenters. The van der Waals surface area contributed by atoms with E-state index >= 15 is 0 Å². The van der Waals surface area contributed by atoms with Crippen LogP contribution in [0, 0.1) is 6.92 Å². The second kappa shape index (κ2) is 5.13. The van der Waals surface area contributed by atoms with Crippen molar-refractivity contribution < 1.29 is 13.2 Å². The summed E-state index contributed by atoms with van der Waals surface area (Å²) < 4.78 is 37.4. The highest BCUT2D eigenvalue weighted by molar-refractivity contribution is 6.33. The number of aryl methyl sites for hydroxylation is 1. The van der Waals surface area contributed by atoms with Crippen LogP contribution in [0.15, 0.2) is 24.5 Å². The number of benzene rings is 1. The van der Waals surface area contributed by atoms with Crippen molar-refractivity contribution in [3.63, 3.8) is 0 Å². The number of anilines is 1. The maximum atomic E-state index is 12.5. The third kappa shape index (κ3) is 3.20. The third-order valence-corrected chi connectivity index (χ3v) is 2.99. The fraction of sp³-hybridized carbons (Fsp3) is 0.250. The maximum Gasteiger partial charge on any atom is 0.416 e.